The molecule has 0 radical (unpaired) electrons. The van der Waals surface area contributed by atoms with Crippen LogP contribution in [0.5, 0.6) is 11.5 Å². The van der Waals surface area contributed by atoms with Crippen LogP contribution in [0.1, 0.15) is 23.7 Å². The summed E-state index contributed by atoms with van der Waals surface area (Å²) < 4.78 is 41.1. The third-order valence-electron chi connectivity index (χ3n) is 5.52. The van der Waals surface area contributed by atoms with Gasteiger partial charge < -0.3 is 20.1 Å². The Morgan fingerprint density at radius 3 is 2.61 bits per heavy atom. The average molecular weight is 453 g/mol. The van der Waals surface area contributed by atoms with Gasteiger partial charge in [-0.25, -0.2) is 13.8 Å². The molecule has 8 nitrogen and oxygen atoms in total. The van der Waals surface area contributed by atoms with Crippen molar-refractivity contribution < 1.29 is 23.0 Å². The molecule has 1 saturated heterocycles. The van der Waals surface area contributed by atoms with Gasteiger partial charge >= 0.3 is 0 Å². The summed E-state index contributed by atoms with van der Waals surface area (Å²) >= 11 is 0. The van der Waals surface area contributed by atoms with Crippen LogP contribution in [0, 0.1) is 23.5 Å². The predicted octanol–water partition coefficient (Wildman–Crippen LogP) is 2.67. The number of fused-ring (bicyclic) bond motifs is 1. The lowest BCUT2D eigenvalue weighted by Gasteiger charge is -2.15. The summed E-state index contributed by atoms with van der Waals surface area (Å²) in [6, 6.07) is 2.72. The third-order valence-corrected chi connectivity index (χ3v) is 5.52. The molecule has 3 aromatic rings. The van der Waals surface area contributed by atoms with Crippen LogP contribution in [-0.2, 0) is 4.79 Å². The Bertz CT molecular complexity index is 1300. The number of aromatic nitrogens is 3. The molecule has 4 rings (SSSR count). The SMILES string of the molecule is C=CC(=O)N1CC[C@H](n2nc(C#Cc3c(F)c(OC)cc(OC)c3F)c3c(N)nccc32)C1. The van der Waals surface area contributed by atoms with E-state index < -0.39 is 17.2 Å². The number of pyridine rings is 1. The summed E-state index contributed by atoms with van der Waals surface area (Å²) in [6.07, 6.45) is 3.48. The van der Waals surface area contributed by atoms with Crippen molar-refractivity contribution in [3.05, 3.63) is 53.9 Å². The van der Waals surface area contributed by atoms with Gasteiger partial charge in [-0.15, -0.1) is 0 Å². The van der Waals surface area contributed by atoms with Gasteiger partial charge in [-0.2, -0.15) is 5.10 Å². The number of carbonyl (C=O) groups excluding carboxylic acids is 1. The first-order chi connectivity index (χ1) is 15.9. The minimum Gasteiger partial charge on any atom is -0.493 e. The molecule has 1 fully saturated rings. The number of rotatable bonds is 4. The van der Waals surface area contributed by atoms with Gasteiger partial charge in [0.1, 0.15) is 17.1 Å². The molecule has 2 aromatic heterocycles. The second-order valence-electron chi connectivity index (χ2n) is 7.35. The highest BCUT2D eigenvalue weighted by Crippen LogP contribution is 2.32. The second kappa shape index (κ2) is 8.78. The van der Waals surface area contributed by atoms with Gasteiger partial charge in [0, 0.05) is 25.4 Å². The van der Waals surface area contributed by atoms with Crippen molar-refractivity contribution in [2.45, 2.75) is 12.5 Å². The van der Waals surface area contributed by atoms with E-state index in [1.165, 1.54) is 20.3 Å². The van der Waals surface area contributed by atoms with Gasteiger partial charge in [0.25, 0.3) is 0 Å². The molecule has 3 heterocycles. The number of ether oxygens (including phenoxy) is 2. The highest BCUT2D eigenvalue weighted by molar-refractivity contribution is 5.93. The summed E-state index contributed by atoms with van der Waals surface area (Å²) in [6.45, 7) is 4.52. The summed E-state index contributed by atoms with van der Waals surface area (Å²) in [7, 11) is 2.52. The third kappa shape index (κ3) is 3.82. The number of hydrogen-bond donors (Lipinski definition) is 1. The number of nitrogens with zero attached hydrogens (tertiary/aromatic N) is 4. The first-order valence-corrected chi connectivity index (χ1v) is 10.1. The number of amides is 1. The van der Waals surface area contributed by atoms with E-state index in [1.54, 1.807) is 21.8 Å². The van der Waals surface area contributed by atoms with Crippen molar-refractivity contribution in [1.82, 2.24) is 19.7 Å². The molecule has 0 unspecified atom stereocenters. The Hall–Kier alpha value is -4.13. The molecule has 0 bridgehead atoms. The number of likely N-dealkylation sites (tertiary alicyclic amines) is 1. The van der Waals surface area contributed by atoms with Crippen molar-refractivity contribution in [3.8, 4) is 23.3 Å². The molecule has 0 saturated carbocycles. The summed E-state index contributed by atoms with van der Waals surface area (Å²) in [5, 5.41) is 5.03. The lowest BCUT2D eigenvalue weighted by molar-refractivity contribution is -0.125. The minimum atomic E-state index is -0.951. The van der Waals surface area contributed by atoms with E-state index in [-0.39, 0.29) is 35.0 Å². The normalized spacial score (nSPS) is 15.3. The van der Waals surface area contributed by atoms with E-state index in [0.29, 0.717) is 30.4 Å². The van der Waals surface area contributed by atoms with Gasteiger partial charge in [-0.3, -0.25) is 9.48 Å². The summed E-state index contributed by atoms with van der Waals surface area (Å²) in [5.41, 5.74) is 6.45. The Balaban J connectivity index is 1.82. The van der Waals surface area contributed by atoms with Gasteiger partial charge in [-0.1, -0.05) is 12.5 Å². The molecule has 33 heavy (non-hydrogen) atoms. The van der Waals surface area contributed by atoms with Crippen LogP contribution < -0.4 is 15.2 Å². The van der Waals surface area contributed by atoms with Crippen molar-refractivity contribution in [2.24, 2.45) is 0 Å². The molecule has 170 valence electrons. The molecule has 0 aliphatic carbocycles. The van der Waals surface area contributed by atoms with Crippen molar-refractivity contribution in [3.63, 3.8) is 0 Å². The van der Waals surface area contributed by atoms with Gasteiger partial charge in [0.2, 0.25) is 5.91 Å². The minimum absolute atomic E-state index is 0.126. The predicted molar refractivity (Wildman–Crippen MR) is 118 cm³/mol. The monoisotopic (exact) mass is 453 g/mol. The maximum absolute atomic E-state index is 14.7. The zero-order chi connectivity index (χ0) is 23.7. The smallest absolute Gasteiger partial charge is 0.246 e. The van der Waals surface area contributed by atoms with Crippen LogP contribution in [0.25, 0.3) is 10.9 Å². The molecule has 1 aromatic carbocycles. The fourth-order valence-electron chi connectivity index (χ4n) is 3.87. The van der Waals surface area contributed by atoms with Crippen LogP contribution in [0.4, 0.5) is 14.6 Å². The largest absolute Gasteiger partial charge is 0.493 e. The fourth-order valence-corrected chi connectivity index (χ4v) is 3.87. The molecule has 10 heteroatoms. The maximum Gasteiger partial charge on any atom is 0.246 e. The molecule has 1 aliphatic rings. The number of nitrogens with two attached hydrogens (primary N) is 1. The van der Waals surface area contributed by atoms with Crippen LogP contribution in [0.2, 0.25) is 0 Å². The van der Waals surface area contributed by atoms with E-state index in [0.717, 1.165) is 6.07 Å². The molecular formula is C23H21F2N5O3. The van der Waals surface area contributed by atoms with Crippen molar-refractivity contribution in [2.75, 3.05) is 33.0 Å². The highest BCUT2D eigenvalue weighted by Gasteiger charge is 2.29. The maximum atomic E-state index is 14.7. The second-order valence-corrected chi connectivity index (χ2v) is 7.35. The van der Waals surface area contributed by atoms with Gasteiger partial charge in [0.15, 0.2) is 23.1 Å². The highest BCUT2D eigenvalue weighted by atomic mass is 19.1. The molecule has 1 amide bonds. The summed E-state index contributed by atoms with van der Waals surface area (Å²) in [4.78, 5) is 17.8. The Kier molecular flexibility index (Phi) is 5.87. The Morgan fingerprint density at radius 2 is 1.97 bits per heavy atom. The number of halogens is 2. The van der Waals surface area contributed by atoms with Crippen LogP contribution >= 0.6 is 0 Å². The number of anilines is 1. The number of nitrogen functional groups attached to an aromatic ring is 1. The first kappa shape index (κ1) is 22.1. The zero-order valence-corrected chi connectivity index (χ0v) is 18.1. The van der Waals surface area contributed by atoms with E-state index in [9.17, 15) is 13.6 Å². The topological polar surface area (TPSA) is 95.5 Å². The molecule has 0 spiro atoms. The van der Waals surface area contributed by atoms with E-state index >= 15 is 0 Å². The van der Waals surface area contributed by atoms with Crippen molar-refractivity contribution in [1.29, 1.82) is 0 Å². The van der Waals surface area contributed by atoms with Crippen LogP contribution in [-0.4, -0.2) is 52.9 Å². The first-order valence-electron chi connectivity index (χ1n) is 10.1. The van der Waals surface area contributed by atoms with Gasteiger partial charge in [-0.05, 0) is 24.5 Å². The molecule has 1 aliphatic heterocycles. The molecular weight excluding hydrogens is 432 g/mol. The molecule has 1 atom stereocenters. The average Bonchev–Trinajstić information content (AvgIpc) is 3.44. The summed E-state index contributed by atoms with van der Waals surface area (Å²) in [5.74, 6) is 2.96. The Labute approximate surface area is 188 Å². The molecule has 2 N–H and O–H groups in total. The fraction of sp³-hybridized carbons (Fsp3) is 0.261. The van der Waals surface area contributed by atoms with Gasteiger partial charge in [0.05, 0.1) is 31.2 Å². The van der Waals surface area contributed by atoms with Crippen LogP contribution in [0.3, 0.4) is 0 Å². The van der Waals surface area contributed by atoms with Crippen LogP contribution in [0.15, 0.2) is 31.0 Å². The van der Waals surface area contributed by atoms with Crippen molar-refractivity contribution >= 4 is 22.6 Å². The van der Waals surface area contributed by atoms with E-state index in [1.807, 2.05) is 0 Å². The number of hydrogen-bond acceptors (Lipinski definition) is 6. The lowest BCUT2D eigenvalue weighted by atomic mass is 10.1. The number of carbonyl (C=O) groups is 1. The quantitative estimate of drug-likeness (QED) is 0.482. The number of benzene rings is 1. The lowest BCUT2D eigenvalue weighted by Crippen LogP contribution is -2.27. The number of methoxy groups -OCH3 is 2. The standard InChI is InChI=1S/C23H21F2N5O3/c1-4-19(31)29-10-8-13(12-29)30-16-7-9-27-23(26)20(16)15(28-30)6-5-14-21(24)17(32-2)11-18(33-3)22(14)25/h4,7,9,11,13H,1,8,10,12H2,2-3H3,(H2,26,27)/t13-/m0/s1. The van der Waals surface area contributed by atoms with E-state index in [2.05, 4.69) is 28.5 Å². The zero-order valence-electron chi connectivity index (χ0n) is 18.1. The Morgan fingerprint density at radius 1 is 1.27 bits per heavy atom. The van der Waals surface area contributed by atoms with E-state index in [4.69, 9.17) is 15.2 Å².